The van der Waals surface area contributed by atoms with Gasteiger partial charge in [0.25, 0.3) is 5.91 Å². The van der Waals surface area contributed by atoms with E-state index in [2.05, 4.69) is 15.6 Å². The third-order valence-corrected chi connectivity index (χ3v) is 4.57. The molecule has 0 spiro atoms. The van der Waals surface area contributed by atoms with Gasteiger partial charge in [0.15, 0.2) is 5.69 Å². The Balaban J connectivity index is 1.47. The van der Waals surface area contributed by atoms with Gasteiger partial charge in [0, 0.05) is 25.7 Å². The zero-order valence-corrected chi connectivity index (χ0v) is 17.1. The highest BCUT2D eigenvalue weighted by atomic mass is 16.5. The Labute approximate surface area is 175 Å². The molecule has 0 saturated heterocycles. The average molecular weight is 407 g/mol. The number of hydrogen-bond donors (Lipinski definition) is 1. The zero-order chi connectivity index (χ0) is 21.3. The first-order chi connectivity index (χ1) is 14.6. The number of benzene rings is 2. The molecule has 1 N–H and O–H groups in total. The standard InChI is InChI=1S/C22H25N5O3/c1-26(15-17-8-4-3-5-9-17)22(29)19-16-27(25-24-19)13-12-23-21(28)14-18-10-6-7-11-20(18)30-2/h3-11,16H,12-15H2,1-2H3,(H,23,28). The van der Waals surface area contributed by atoms with Crippen molar-refractivity contribution in [3.63, 3.8) is 0 Å². The molecule has 0 unspecified atom stereocenters. The number of nitrogens with one attached hydrogen (secondary N) is 1. The first kappa shape index (κ1) is 21.0. The quantitative estimate of drug-likeness (QED) is 0.585. The first-order valence-corrected chi connectivity index (χ1v) is 9.65. The fourth-order valence-electron chi connectivity index (χ4n) is 3.02. The summed E-state index contributed by atoms with van der Waals surface area (Å²) in [7, 11) is 3.31. The minimum absolute atomic E-state index is 0.112. The van der Waals surface area contributed by atoms with Gasteiger partial charge in [0.2, 0.25) is 5.91 Å². The molecule has 1 heterocycles. The maximum atomic E-state index is 12.5. The summed E-state index contributed by atoms with van der Waals surface area (Å²) in [5.74, 6) is 0.371. The second-order valence-corrected chi connectivity index (χ2v) is 6.85. The van der Waals surface area contributed by atoms with Gasteiger partial charge in [0.1, 0.15) is 5.75 Å². The zero-order valence-electron chi connectivity index (χ0n) is 17.1. The summed E-state index contributed by atoms with van der Waals surface area (Å²) in [6, 6.07) is 17.2. The van der Waals surface area contributed by atoms with E-state index >= 15 is 0 Å². The van der Waals surface area contributed by atoms with Crippen molar-refractivity contribution in [1.82, 2.24) is 25.2 Å². The Kier molecular flexibility index (Phi) is 7.15. The maximum absolute atomic E-state index is 12.5. The number of ether oxygens (including phenoxy) is 1. The van der Waals surface area contributed by atoms with Gasteiger partial charge in [0.05, 0.1) is 26.3 Å². The van der Waals surface area contributed by atoms with Crippen LogP contribution in [-0.2, 0) is 24.3 Å². The maximum Gasteiger partial charge on any atom is 0.276 e. The van der Waals surface area contributed by atoms with Crippen LogP contribution in [0.4, 0.5) is 0 Å². The van der Waals surface area contributed by atoms with Crippen LogP contribution in [0.3, 0.4) is 0 Å². The largest absolute Gasteiger partial charge is 0.496 e. The summed E-state index contributed by atoms with van der Waals surface area (Å²) in [5.41, 5.74) is 2.14. The molecule has 8 heteroatoms. The molecule has 3 aromatic rings. The molecule has 0 radical (unpaired) electrons. The van der Waals surface area contributed by atoms with Crippen LogP contribution in [0.15, 0.2) is 60.8 Å². The lowest BCUT2D eigenvalue weighted by atomic mass is 10.1. The number of amides is 2. The van der Waals surface area contributed by atoms with Crippen LogP contribution < -0.4 is 10.1 Å². The van der Waals surface area contributed by atoms with E-state index in [9.17, 15) is 9.59 Å². The Bertz CT molecular complexity index is 987. The number of hydrogen-bond acceptors (Lipinski definition) is 5. The predicted octanol–water partition coefficient (Wildman–Crippen LogP) is 1.92. The van der Waals surface area contributed by atoms with E-state index in [1.54, 1.807) is 29.9 Å². The van der Waals surface area contributed by atoms with Crippen LogP contribution in [0.2, 0.25) is 0 Å². The van der Waals surface area contributed by atoms with Crippen LogP contribution in [0.25, 0.3) is 0 Å². The van der Waals surface area contributed by atoms with Gasteiger partial charge in [-0.05, 0) is 11.6 Å². The van der Waals surface area contributed by atoms with Crippen LogP contribution >= 0.6 is 0 Å². The molecule has 8 nitrogen and oxygen atoms in total. The Hall–Kier alpha value is -3.68. The number of carbonyl (C=O) groups excluding carboxylic acids is 2. The molecule has 0 fully saturated rings. The fraction of sp³-hybridized carbons (Fsp3) is 0.273. The van der Waals surface area contributed by atoms with E-state index in [4.69, 9.17) is 4.74 Å². The number of para-hydroxylation sites is 1. The van der Waals surface area contributed by atoms with Crippen LogP contribution in [0, 0.1) is 0 Å². The van der Waals surface area contributed by atoms with Gasteiger partial charge in [-0.2, -0.15) is 0 Å². The third kappa shape index (κ3) is 5.66. The summed E-state index contributed by atoms with van der Waals surface area (Å²) in [6.07, 6.45) is 1.82. The monoisotopic (exact) mass is 407 g/mol. The summed E-state index contributed by atoms with van der Waals surface area (Å²) in [5, 5.41) is 10.8. The number of carbonyl (C=O) groups is 2. The summed E-state index contributed by atoms with van der Waals surface area (Å²) < 4.78 is 6.81. The molecule has 2 amide bonds. The van der Waals surface area contributed by atoms with Crippen molar-refractivity contribution in [2.45, 2.75) is 19.5 Å². The van der Waals surface area contributed by atoms with E-state index in [-0.39, 0.29) is 23.9 Å². The second kappa shape index (κ2) is 10.2. The van der Waals surface area contributed by atoms with E-state index in [0.29, 0.717) is 25.4 Å². The molecule has 0 aliphatic carbocycles. The van der Waals surface area contributed by atoms with Crippen molar-refractivity contribution in [2.75, 3.05) is 20.7 Å². The van der Waals surface area contributed by atoms with Crippen LogP contribution in [-0.4, -0.2) is 52.4 Å². The minimum atomic E-state index is -0.203. The Morgan fingerprint density at radius 3 is 2.60 bits per heavy atom. The van der Waals surface area contributed by atoms with Gasteiger partial charge >= 0.3 is 0 Å². The highest BCUT2D eigenvalue weighted by Gasteiger charge is 2.16. The van der Waals surface area contributed by atoms with Gasteiger partial charge < -0.3 is 15.0 Å². The van der Waals surface area contributed by atoms with Crippen molar-refractivity contribution >= 4 is 11.8 Å². The van der Waals surface area contributed by atoms with Gasteiger partial charge in [-0.15, -0.1) is 5.10 Å². The lowest BCUT2D eigenvalue weighted by Gasteiger charge is -2.15. The molecule has 0 aliphatic heterocycles. The highest BCUT2D eigenvalue weighted by Crippen LogP contribution is 2.17. The van der Waals surface area contributed by atoms with E-state index < -0.39 is 0 Å². The van der Waals surface area contributed by atoms with Crippen LogP contribution in [0.5, 0.6) is 5.75 Å². The highest BCUT2D eigenvalue weighted by molar-refractivity contribution is 5.91. The summed E-state index contributed by atoms with van der Waals surface area (Å²) >= 11 is 0. The van der Waals surface area contributed by atoms with Crippen molar-refractivity contribution in [2.24, 2.45) is 0 Å². The third-order valence-electron chi connectivity index (χ3n) is 4.57. The van der Waals surface area contributed by atoms with Crippen molar-refractivity contribution < 1.29 is 14.3 Å². The molecule has 0 aliphatic rings. The second-order valence-electron chi connectivity index (χ2n) is 6.85. The molecule has 156 valence electrons. The average Bonchev–Trinajstić information content (AvgIpc) is 3.23. The van der Waals surface area contributed by atoms with Crippen molar-refractivity contribution in [3.05, 3.63) is 77.6 Å². The molecule has 0 saturated carbocycles. The van der Waals surface area contributed by atoms with E-state index in [1.807, 2.05) is 54.6 Å². The molecule has 1 aromatic heterocycles. The lowest BCUT2D eigenvalue weighted by molar-refractivity contribution is -0.120. The summed E-state index contributed by atoms with van der Waals surface area (Å²) in [6.45, 7) is 1.29. The molecule has 30 heavy (non-hydrogen) atoms. The first-order valence-electron chi connectivity index (χ1n) is 9.65. The molecule has 0 atom stereocenters. The molecule has 3 rings (SSSR count). The van der Waals surface area contributed by atoms with Gasteiger partial charge in [-0.25, -0.2) is 4.68 Å². The lowest BCUT2D eigenvalue weighted by Crippen LogP contribution is -2.29. The number of rotatable bonds is 9. The molecule has 0 bridgehead atoms. The Morgan fingerprint density at radius 2 is 1.83 bits per heavy atom. The van der Waals surface area contributed by atoms with Crippen molar-refractivity contribution in [1.29, 1.82) is 0 Å². The fourth-order valence-corrected chi connectivity index (χ4v) is 3.02. The van der Waals surface area contributed by atoms with E-state index in [0.717, 1.165) is 11.1 Å². The number of nitrogens with zero attached hydrogens (tertiary/aromatic N) is 4. The van der Waals surface area contributed by atoms with Crippen LogP contribution in [0.1, 0.15) is 21.6 Å². The SMILES string of the molecule is COc1ccccc1CC(=O)NCCn1cc(C(=O)N(C)Cc2ccccc2)nn1. The number of aromatic nitrogens is 3. The molecular weight excluding hydrogens is 382 g/mol. The molecular formula is C22H25N5O3. The van der Waals surface area contributed by atoms with Gasteiger partial charge in [-0.3, -0.25) is 9.59 Å². The Morgan fingerprint density at radius 1 is 1.10 bits per heavy atom. The number of methoxy groups -OCH3 is 1. The predicted molar refractivity (Wildman–Crippen MR) is 112 cm³/mol. The topological polar surface area (TPSA) is 89.4 Å². The van der Waals surface area contributed by atoms with Gasteiger partial charge in [-0.1, -0.05) is 53.7 Å². The normalized spacial score (nSPS) is 10.5. The molecule has 2 aromatic carbocycles. The van der Waals surface area contributed by atoms with Crippen molar-refractivity contribution in [3.8, 4) is 5.75 Å². The summed E-state index contributed by atoms with van der Waals surface area (Å²) in [4.78, 5) is 26.3. The van der Waals surface area contributed by atoms with E-state index in [1.165, 1.54) is 0 Å². The minimum Gasteiger partial charge on any atom is -0.496 e. The smallest absolute Gasteiger partial charge is 0.276 e.